The molecular weight excluding hydrogens is 232 g/mol. The van der Waals surface area contributed by atoms with Crippen LogP contribution in [0.2, 0.25) is 0 Å². The molecule has 4 N–H and O–H groups in total. The van der Waals surface area contributed by atoms with Gasteiger partial charge >= 0.3 is 0 Å². The minimum atomic E-state index is -0.335. The fourth-order valence-electron chi connectivity index (χ4n) is 2.26. The van der Waals surface area contributed by atoms with E-state index in [1.54, 1.807) is 0 Å². The molecule has 1 aliphatic carbocycles. The molecule has 0 unspecified atom stereocenters. The largest absolute Gasteiger partial charge is 0.393 e. The third-order valence-electron chi connectivity index (χ3n) is 3.34. The molecule has 0 radical (unpaired) electrons. The zero-order valence-electron chi connectivity index (χ0n) is 10.2. The minimum Gasteiger partial charge on any atom is -0.393 e. The number of nitrogens with two attached hydrogens (primary N) is 1. The van der Waals surface area contributed by atoms with E-state index >= 15 is 0 Å². The number of carbonyl (C=O) groups excluding carboxylic acids is 1. The van der Waals surface area contributed by atoms with Gasteiger partial charge in [-0.2, -0.15) is 0 Å². The van der Waals surface area contributed by atoms with Gasteiger partial charge in [-0.1, -0.05) is 12.8 Å². The maximum absolute atomic E-state index is 11.8. The van der Waals surface area contributed by atoms with Crippen molar-refractivity contribution < 1.29 is 9.90 Å². The Hall–Kier alpha value is -1.69. The molecule has 0 bridgehead atoms. The highest BCUT2D eigenvalue weighted by Gasteiger charge is 2.24. The van der Waals surface area contributed by atoms with Crippen LogP contribution in [0.15, 0.2) is 12.4 Å². The summed E-state index contributed by atoms with van der Waals surface area (Å²) < 4.78 is 0. The van der Waals surface area contributed by atoms with Crippen molar-refractivity contribution in [1.29, 1.82) is 0 Å². The lowest BCUT2D eigenvalue weighted by Crippen LogP contribution is -2.37. The molecule has 2 rings (SSSR count). The van der Waals surface area contributed by atoms with Crippen LogP contribution in [-0.4, -0.2) is 33.6 Å². The van der Waals surface area contributed by atoms with E-state index in [1.165, 1.54) is 12.4 Å². The van der Waals surface area contributed by atoms with Gasteiger partial charge in [0.2, 0.25) is 0 Å². The second-order valence-electron chi connectivity index (χ2n) is 4.61. The van der Waals surface area contributed by atoms with Crippen LogP contribution in [0.3, 0.4) is 0 Å². The first-order chi connectivity index (χ1) is 8.68. The number of aliphatic hydroxyl groups is 1. The summed E-state index contributed by atoms with van der Waals surface area (Å²) in [5.41, 5.74) is 5.72. The summed E-state index contributed by atoms with van der Waals surface area (Å²) in [7, 11) is 0. The molecule has 1 amide bonds. The van der Waals surface area contributed by atoms with Crippen LogP contribution in [0.4, 0.5) is 5.82 Å². The number of aliphatic hydroxyl groups excluding tert-OH is 1. The first-order valence-corrected chi connectivity index (χ1v) is 6.21. The number of amides is 1. The second kappa shape index (κ2) is 5.77. The Morgan fingerprint density at radius 3 is 2.83 bits per heavy atom. The standard InChI is InChI=1S/C12H18N4O2/c13-11-10(14-5-6-15-11)12(18)16-7-8-3-1-2-4-9(8)17/h5-6,8-9,17H,1-4,7H2,(H2,13,15)(H,16,18)/t8-,9+/m0/s1. The summed E-state index contributed by atoms with van der Waals surface area (Å²) in [6.45, 7) is 0.454. The van der Waals surface area contributed by atoms with Crippen molar-refractivity contribution in [2.45, 2.75) is 31.8 Å². The van der Waals surface area contributed by atoms with E-state index in [4.69, 9.17) is 5.73 Å². The van der Waals surface area contributed by atoms with Gasteiger partial charge in [0.25, 0.3) is 5.91 Å². The Morgan fingerprint density at radius 2 is 2.11 bits per heavy atom. The van der Waals surface area contributed by atoms with E-state index in [2.05, 4.69) is 15.3 Å². The fraction of sp³-hybridized carbons (Fsp3) is 0.583. The van der Waals surface area contributed by atoms with Crippen molar-refractivity contribution in [3.63, 3.8) is 0 Å². The van der Waals surface area contributed by atoms with Gasteiger partial charge in [-0.05, 0) is 12.8 Å². The Bertz CT molecular complexity index is 424. The Balaban J connectivity index is 1.90. The average Bonchev–Trinajstić information content (AvgIpc) is 2.38. The van der Waals surface area contributed by atoms with Gasteiger partial charge in [-0.3, -0.25) is 4.79 Å². The second-order valence-corrected chi connectivity index (χ2v) is 4.61. The van der Waals surface area contributed by atoms with E-state index in [9.17, 15) is 9.90 Å². The van der Waals surface area contributed by atoms with Crippen molar-refractivity contribution in [2.24, 2.45) is 5.92 Å². The van der Waals surface area contributed by atoms with E-state index in [-0.39, 0.29) is 29.4 Å². The summed E-state index contributed by atoms with van der Waals surface area (Å²) in [6.07, 6.45) is 6.47. The number of nitrogens with one attached hydrogen (secondary N) is 1. The summed E-state index contributed by atoms with van der Waals surface area (Å²) in [5, 5.41) is 12.6. The molecular formula is C12H18N4O2. The molecule has 1 aliphatic rings. The molecule has 0 saturated heterocycles. The first kappa shape index (κ1) is 12.8. The topological polar surface area (TPSA) is 101 Å². The van der Waals surface area contributed by atoms with Crippen molar-refractivity contribution >= 4 is 11.7 Å². The maximum atomic E-state index is 11.8. The normalized spacial score (nSPS) is 23.6. The SMILES string of the molecule is Nc1nccnc1C(=O)NC[C@@H]1CCCC[C@H]1O. The highest BCUT2D eigenvalue weighted by atomic mass is 16.3. The number of hydrogen-bond donors (Lipinski definition) is 3. The van der Waals surface area contributed by atoms with Crippen LogP contribution in [-0.2, 0) is 0 Å². The first-order valence-electron chi connectivity index (χ1n) is 6.21. The predicted molar refractivity (Wildman–Crippen MR) is 66.7 cm³/mol. The summed E-state index contributed by atoms with van der Waals surface area (Å²) in [6, 6.07) is 0. The molecule has 6 nitrogen and oxygen atoms in total. The van der Waals surface area contributed by atoms with Crippen LogP contribution in [0.1, 0.15) is 36.2 Å². The molecule has 98 valence electrons. The highest BCUT2D eigenvalue weighted by Crippen LogP contribution is 2.23. The van der Waals surface area contributed by atoms with Crippen LogP contribution >= 0.6 is 0 Å². The van der Waals surface area contributed by atoms with Gasteiger partial charge < -0.3 is 16.2 Å². The van der Waals surface area contributed by atoms with Crippen molar-refractivity contribution in [1.82, 2.24) is 15.3 Å². The van der Waals surface area contributed by atoms with E-state index < -0.39 is 0 Å². The molecule has 1 heterocycles. The van der Waals surface area contributed by atoms with Crippen molar-refractivity contribution in [2.75, 3.05) is 12.3 Å². The van der Waals surface area contributed by atoms with E-state index in [1.807, 2.05) is 0 Å². The van der Waals surface area contributed by atoms with Crippen LogP contribution in [0, 0.1) is 5.92 Å². The van der Waals surface area contributed by atoms with Crippen molar-refractivity contribution in [3.8, 4) is 0 Å². The summed E-state index contributed by atoms with van der Waals surface area (Å²) >= 11 is 0. The van der Waals surface area contributed by atoms with Crippen LogP contribution in [0.25, 0.3) is 0 Å². The molecule has 0 aliphatic heterocycles. The monoisotopic (exact) mass is 250 g/mol. The number of anilines is 1. The zero-order valence-corrected chi connectivity index (χ0v) is 10.2. The minimum absolute atomic E-state index is 0.124. The lowest BCUT2D eigenvalue weighted by Gasteiger charge is -2.27. The number of carbonyl (C=O) groups is 1. The van der Waals surface area contributed by atoms with Crippen molar-refractivity contribution in [3.05, 3.63) is 18.1 Å². The summed E-state index contributed by atoms with van der Waals surface area (Å²) in [5.74, 6) is -0.0850. The molecule has 18 heavy (non-hydrogen) atoms. The zero-order chi connectivity index (χ0) is 13.0. The molecule has 0 spiro atoms. The number of nitrogen functional groups attached to an aromatic ring is 1. The highest BCUT2D eigenvalue weighted by molar-refractivity contribution is 5.96. The third kappa shape index (κ3) is 2.95. The molecule has 1 fully saturated rings. The molecule has 1 aromatic rings. The van der Waals surface area contributed by atoms with Gasteiger partial charge in [0, 0.05) is 24.9 Å². The smallest absolute Gasteiger partial charge is 0.273 e. The number of rotatable bonds is 3. The van der Waals surface area contributed by atoms with Gasteiger partial charge in [-0.25, -0.2) is 9.97 Å². The molecule has 1 aromatic heterocycles. The third-order valence-corrected chi connectivity index (χ3v) is 3.34. The van der Waals surface area contributed by atoms with Crippen LogP contribution < -0.4 is 11.1 Å². The Labute approximate surface area is 106 Å². The lowest BCUT2D eigenvalue weighted by atomic mass is 9.86. The number of nitrogens with zero attached hydrogens (tertiary/aromatic N) is 2. The predicted octanol–water partition coefficient (Wildman–Crippen LogP) is 0.340. The summed E-state index contributed by atoms with van der Waals surface area (Å²) in [4.78, 5) is 19.6. The molecule has 1 saturated carbocycles. The quantitative estimate of drug-likeness (QED) is 0.718. The Kier molecular flexibility index (Phi) is 4.09. The number of aromatic nitrogens is 2. The molecule has 2 atom stereocenters. The molecule has 6 heteroatoms. The lowest BCUT2D eigenvalue weighted by molar-refractivity contribution is 0.0662. The fourth-order valence-corrected chi connectivity index (χ4v) is 2.26. The maximum Gasteiger partial charge on any atom is 0.273 e. The Morgan fingerprint density at radius 1 is 1.39 bits per heavy atom. The van der Waals surface area contributed by atoms with Gasteiger partial charge in [0.15, 0.2) is 11.5 Å². The van der Waals surface area contributed by atoms with Gasteiger partial charge in [0.05, 0.1) is 6.10 Å². The number of hydrogen-bond acceptors (Lipinski definition) is 5. The van der Waals surface area contributed by atoms with Gasteiger partial charge in [0.1, 0.15) is 0 Å². The molecule has 0 aromatic carbocycles. The van der Waals surface area contributed by atoms with E-state index in [0.29, 0.717) is 6.54 Å². The van der Waals surface area contributed by atoms with Crippen LogP contribution in [0.5, 0.6) is 0 Å². The van der Waals surface area contributed by atoms with Gasteiger partial charge in [-0.15, -0.1) is 0 Å². The van der Waals surface area contributed by atoms with E-state index in [0.717, 1.165) is 25.7 Å². The average molecular weight is 250 g/mol.